The molecule has 3 nitrogen and oxygen atoms in total. The molecule has 0 aliphatic heterocycles. The molecule has 0 radical (unpaired) electrons. The summed E-state index contributed by atoms with van der Waals surface area (Å²) in [6.45, 7) is 0. The summed E-state index contributed by atoms with van der Waals surface area (Å²) in [5.74, 6) is -0.452. The van der Waals surface area contributed by atoms with Gasteiger partial charge in [-0.1, -0.05) is 29.8 Å². The lowest BCUT2D eigenvalue weighted by Crippen LogP contribution is -2.01. The number of esters is 1. The number of fused-ring (bicyclic) bond motifs is 3. The molecule has 0 unspecified atom stereocenters. The summed E-state index contributed by atoms with van der Waals surface area (Å²) >= 11 is 6.04. The van der Waals surface area contributed by atoms with Crippen LogP contribution in [0.3, 0.4) is 0 Å². The molecule has 0 amide bonds. The minimum atomic E-state index is -0.452. The lowest BCUT2D eigenvalue weighted by molar-refractivity contribution is 0.0601. The van der Waals surface area contributed by atoms with E-state index in [1.807, 2.05) is 24.3 Å². The largest absolute Gasteiger partial charge is 0.465 e. The van der Waals surface area contributed by atoms with Crippen LogP contribution in [0.5, 0.6) is 0 Å². The van der Waals surface area contributed by atoms with Crippen LogP contribution in [-0.2, 0) is 4.74 Å². The van der Waals surface area contributed by atoms with Crippen molar-refractivity contribution >= 4 is 39.5 Å². The highest BCUT2D eigenvalue weighted by Crippen LogP contribution is 2.32. The maximum Gasteiger partial charge on any atom is 0.339 e. The van der Waals surface area contributed by atoms with Crippen LogP contribution in [0.1, 0.15) is 10.4 Å². The molecule has 0 saturated heterocycles. The Labute approximate surface area is 108 Å². The number of methoxy groups -OCH3 is 1. The summed E-state index contributed by atoms with van der Waals surface area (Å²) in [7, 11) is 1.33. The number of benzene rings is 2. The highest BCUT2D eigenvalue weighted by atomic mass is 35.5. The molecule has 2 aromatic carbocycles. The van der Waals surface area contributed by atoms with Gasteiger partial charge in [-0.25, -0.2) is 4.79 Å². The van der Waals surface area contributed by atoms with E-state index < -0.39 is 5.97 Å². The summed E-state index contributed by atoms with van der Waals surface area (Å²) in [5.41, 5.74) is 1.78. The number of furan rings is 1. The number of carbonyl (C=O) groups excluding carboxylic acids is 1. The van der Waals surface area contributed by atoms with Crippen LogP contribution in [0.25, 0.3) is 21.9 Å². The Kier molecular flexibility index (Phi) is 2.49. The van der Waals surface area contributed by atoms with E-state index in [1.54, 1.807) is 12.1 Å². The summed E-state index contributed by atoms with van der Waals surface area (Å²) in [6.07, 6.45) is 0. The predicted molar refractivity (Wildman–Crippen MR) is 70.1 cm³/mol. The van der Waals surface area contributed by atoms with Crippen LogP contribution in [0.15, 0.2) is 40.8 Å². The standard InChI is InChI=1S/C14H9ClO3/c1-17-14(16)10-6-9-8-4-2-3-5-12(8)18-13(9)7-11(10)15/h2-7H,1H3. The Morgan fingerprint density at radius 2 is 1.94 bits per heavy atom. The number of halogens is 1. The topological polar surface area (TPSA) is 39.4 Å². The highest BCUT2D eigenvalue weighted by molar-refractivity contribution is 6.34. The molecule has 4 heteroatoms. The summed E-state index contributed by atoms with van der Waals surface area (Å²) in [4.78, 5) is 11.6. The van der Waals surface area contributed by atoms with Gasteiger partial charge in [-0.2, -0.15) is 0 Å². The van der Waals surface area contributed by atoms with Crippen molar-refractivity contribution in [3.05, 3.63) is 47.0 Å². The van der Waals surface area contributed by atoms with E-state index in [0.717, 1.165) is 16.4 Å². The lowest BCUT2D eigenvalue weighted by Gasteiger charge is -2.01. The summed E-state index contributed by atoms with van der Waals surface area (Å²) in [6, 6.07) is 11.0. The van der Waals surface area contributed by atoms with Crippen molar-refractivity contribution in [3.63, 3.8) is 0 Å². The third-order valence-electron chi connectivity index (χ3n) is 2.87. The second kappa shape index (κ2) is 4.03. The van der Waals surface area contributed by atoms with Gasteiger partial charge in [0.2, 0.25) is 0 Å². The van der Waals surface area contributed by atoms with Crippen LogP contribution in [-0.4, -0.2) is 13.1 Å². The highest BCUT2D eigenvalue weighted by Gasteiger charge is 2.15. The Balaban J connectivity index is 2.39. The molecular formula is C14H9ClO3. The summed E-state index contributed by atoms with van der Waals surface area (Å²) < 4.78 is 10.4. The fourth-order valence-corrected chi connectivity index (χ4v) is 2.24. The van der Waals surface area contributed by atoms with Crippen molar-refractivity contribution in [2.45, 2.75) is 0 Å². The summed E-state index contributed by atoms with van der Waals surface area (Å²) in [5, 5.41) is 2.14. The van der Waals surface area contributed by atoms with Crippen LogP contribution in [0.2, 0.25) is 5.02 Å². The van der Waals surface area contributed by atoms with Crippen molar-refractivity contribution < 1.29 is 13.9 Å². The van der Waals surface area contributed by atoms with Crippen molar-refractivity contribution in [1.29, 1.82) is 0 Å². The van der Waals surface area contributed by atoms with Crippen LogP contribution in [0.4, 0.5) is 0 Å². The number of rotatable bonds is 1. The Morgan fingerprint density at radius 3 is 2.72 bits per heavy atom. The minimum Gasteiger partial charge on any atom is -0.465 e. The quantitative estimate of drug-likeness (QED) is 0.620. The molecule has 1 heterocycles. The van der Waals surface area contributed by atoms with Gasteiger partial charge in [0.15, 0.2) is 0 Å². The zero-order valence-corrected chi connectivity index (χ0v) is 10.3. The molecule has 0 atom stereocenters. The first-order valence-corrected chi connectivity index (χ1v) is 5.77. The van der Waals surface area contributed by atoms with Crippen LogP contribution < -0.4 is 0 Å². The fourth-order valence-electron chi connectivity index (χ4n) is 2.01. The molecule has 0 aliphatic rings. The van der Waals surface area contributed by atoms with Crippen molar-refractivity contribution in [2.75, 3.05) is 7.11 Å². The third kappa shape index (κ3) is 1.56. The number of ether oxygens (including phenoxy) is 1. The van der Waals surface area contributed by atoms with E-state index in [0.29, 0.717) is 16.2 Å². The van der Waals surface area contributed by atoms with E-state index in [-0.39, 0.29) is 0 Å². The first-order valence-electron chi connectivity index (χ1n) is 5.40. The van der Waals surface area contributed by atoms with Gasteiger partial charge in [-0.3, -0.25) is 0 Å². The van der Waals surface area contributed by atoms with Crippen LogP contribution >= 0.6 is 11.6 Å². The smallest absolute Gasteiger partial charge is 0.339 e. The van der Waals surface area contributed by atoms with Gasteiger partial charge in [0.1, 0.15) is 11.2 Å². The monoisotopic (exact) mass is 260 g/mol. The number of hydrogen-bond donors (Lipinski definition) is 0. The second-order valence-corrected chi connectivity index (χ2v) is 4.33. The van der Waals surface area contributed by atoms with E-state index in [4.69, 9.17) is 20.8 Å². The first-order chi connectivity index (χ1) is 8.70. The molecule has 0 N–H and O–H groups in total. The van der Waals surface area contributed by atoms with Gasteiger partial charge in [-0.05, 0) is 12.1 Å². The van der Waals surface area contributed by atoms with Crippen molar-refractivity contribution in [3.8, 4) is 0 Å². The Bertz CT molecular complexity index is 758. The van der Waals surface area contributed by atoms with Gasteiger partial charge in [0.05, 0.1) is 17.7 Å². The van der Waals surface area contributed by atoms with Gasteiger partial charge < -0.3 is 9.15 Å². The average Bonchev–Trinajstić information content (AvgIpc) is 2.74. The fraction of sp³-hybridized carbons (Fsp3) is 0.0714. The van der Waals surface area contributed by atoms with E-state index in [9.17, 15) is 4.79 Å². The van der Waals surface area contributed by atoms with Gasteiger partial charge >= 0.3 is 5.97 Å². The number of hydrogen-bond acceptors (Lipinski definition) is 3. The van der Waals surface area contributed by atoms with E-state index >= 15 is 0 Å². The van der Waals surface area contributed by atoms with E-state index in [2.05, 4.69) is 0 Å². The molecule has 18 heavy (non-hydrogen) atoms. The number of para-hydroxylation sites is 1. The van der Waals surface area contributed by atoms with Gasteiger partial charge in [0, 0.05) is 16.8 Å². The molecule has 0 saturated carbocycles. The Morgan fingerprint density at radius 1 is 1.17 bits per heavy atom. The molecule has 90 valence electrons. The normalized spacial score (nSPS) is 11.0. The molecule has 0 spiro atoms. The number of carbonyl (C=O) groups is 1. The molecule has 1 aromatic heterocycles. The van der Waals surface area contributed by atoms with E-state index in [1.165, 1.54) is 7.11 Å². The SMILES string of the molecule is COC(=O)c1cc2c(cc1Cl)oc1ccccc12. The minimum absolute atomic E-state index is 0.327. The molecular weight excluding hydrogens is 252 g/mol. The van der Waals surface area contributed by atoms with Crippen LogP contribution in [0, 0.1) is 0 Å². The lowest BCUT2D eigenvalue weighted by atomic mass is 10.1. The van der Waals surface area contributed by atoms with Gasteiger partial charge in [-0.15, -0.1) is 0 Å². The third-order valence-corrected chi connectivity index (χ3v) is 3.18. The average molecular weight is 261 g/mol. The zero-order valence-electron chi connectivity index (χ0n) is 9.57. The Hall–Kier alpha value is -2.00. The predicted octanol–water partition coefficient (Wildman–Crippen LogP) is 4.03. The first kappa shape index (κ1) is 11.1. The maximum atomic E-state index is 11.6. The molecule has 3 rings (SSSR count). The molecule has 0 aliphatic carbocycles. The molecule has 0 fully saturated rings. The van der Waals surface area contributed by atoms with Crippen molar-refractivity contribution in [2.24, 2.45) is 0 Å². The second-order valence-electron chi connectivity index (χ2n) is 3.92. The van der Waals surface area contributed by atoms with Crippen molar-refractivity contribution in [1.82, 2.24) is 0 Å². The molecule has 3 aromatic rings. The zero-order chi connectivity index (χ0) is 12.7. The maximum absolute atomic E-state index is 11.6. The van der Waals surface area contributed by atoms with Gasteiger partial charge in [0.25, 0.3) is 0 Å². The molecule has 0 bridgehead atoms.